The molecule has 2 heterocycles. The number of likely N-dealkylation sites (tertiary alicyclic amines) is 1. The van der Waals surface area contributed by atoms with Crippen molar-refractivity contribution in [1.82, 2.24) is 10.2 Å². The fourth-order valence-electron chi connectivity index (χ4n) is 4.05. The van der Waals surface area contributed by atoms with Crippen LogP contribution in [0.15, 0.2) is 47.5 Å². The molecular formula is C24H28N4O3. The Morgan fingerprint density at radius 3 is 2.48 bits per heavy atom. The monoisotopic (exact) mass is 420 g/mol. The maximum Gasteiger partial charge on any atom is 0.272 e. The van der Waals surface area contributed by atoms with E-state index in [9.17, 15) is 9.59 Å². The summed E-state index contributed by atoms with van der Waals surface area (Å²) in [4.78, 5) is 31.9. The van der Waals surface area contributed by atoms with E-state index in [0.717, 1.165) is 22.6 Å². The van der Waals surface area contributed by atoms with Crippen molar-refractivity contribution in [2.24, 2.45) is 4.99 Å². The van der Waals surface area contributed by atoms with Crippen LogP contribution in [-0.2, 0) is 9.59 Å². The van der Waals surface area contributed by atoms with Gasteiger partial charge in [0.05, 0.1) is 13.7 Å². The largest absolute Gasteiger partial charge is 0.497 e. The maximum atomic E-state index is 12.6. The lowest BCUT2D eigenvalue weighted by Gasteiger charge is -2.36. The molecule has 0 radical (unpaired) electrons. The van der Waals surface area contributed by atoms with Crippen LogP contribution in [0.25, 0.3) is 0 Å². The van der Waals surface area contributed by atoms with Gasteiger partial charge in [0, 0.05) is 37.2 Å². The van der Waals surface area contributed by atoms with Crippen molar-refractivity contribution in [1.29, 1.82) is 0 Å². The Hall–Kier alpha value is -3.19. The standard InChI is InChI=1S/C24H28N4O3/c1-16-4-7-19(14-17(16)2)25-21(29)15-28-12-10-24(11-13-28)26-22(23(30)27-24)18-5-8-20(31-3)9-6-18/h4-9,14H,10-13,15H2,1-3H3,(H,25,29)(H,27,30). The van der Waals surface area contributed by atoms with Gasteiger partial charge in [0.1, 0.15) is 17.1 Å². The van der Waals surface area contributed by atoms with Gasteiger partial charge in [-0.3, -0.25) is 19.5 Å². The van der Waals surface area contributed by atoms with Crippen LogP contribution in [0.2, 0.25) is 0 Å². The minimum atomic E-state index is -0.576. The van der Waals surface area contributed by atoms with Gasteiger partial charge < -0.3 is 15.4 Å². The number of nitrogens with zero attached hydrogens (tertiary/aromatic N) is 2. The van der Waals surface area contributed by atoms with E-state index in [0.29, 0.717) is 38.2 Å². The van der Waals surface area contributed by atoms with Gasteiger partial charge in [-0.2, -0.15) is 0 Å². The van der Waals surface area contributed by atoms with E-state index in [1.165, 1.54) is 5.56 Å². The number of nitrogens with one attached hydrogen (secondary N) is 2. The summed E-state index contributed by atoms with van der Waals surface area (Å²) in [5.41, 5.74) is 3.84. The molecule has 0 atom stereocenters. The van der Waals surface area contributed by atoms with Crippen LogP contribution in [0.3, 0.4) is 0 Å². The van der Waals surface area contributed by atoms with E-state index in [1.807, 2.05) is 49.4 Å². The number of rotatable bonds is 5. The summed E-state index contributed by atoms with van der Waals surface area (Å²) in [5.74, 6) is 0.563. The first-order valence-corrected chi connectivity index (χ1v) is 10.5. The SMILES string of the molecule is COc1ccc(C2=NC3(CCN(CC(=O)Nc4ccc(C)c(C)c4)CC3)NC2=O)cc1. The summed E-state index contributed by atoms with van der Waals surface area (Å²) in [7, 11) is 1.61. The molecule has 1 saturated heterocycles. The molecule has 0 saturated carbocycles. The molecule has 0 bridgehead atoms. The number of carbonyl (C=O) groups excluding carboxylic acids is 2. The van der Waals surface area contributed by atoms with Crippen LogP contribution in [-0.4, -0.2) is 54.8 Å². The number of benzene rings is 2. The van der Waals surface area contributed by atoms with Gasteiger partial charge in [-0.1, -0.05) is 6.07 Å². The Balaban J connectivity index is 1.35. The number of aryl methyl sites for hydroxylation is 2. The molecule has 7 nitrogen and oxygen atoms in total. The number of carbonyl (C=O) groups is 2. The Morgan fingerprint density at radius 2 is 1.84 bits per heavy atom. The van der Waals surface area contributed by atoms with E-state index in [-0.39, 0.29) is 11.8 Å². The van der Waals surface area contributed by atoms with E-state index in [2.05, 4.69) is 22.5 Å². The Morgan fingerprint density at radius 1 is 1.13 bits per heavy atom. The topological polar surface area (TPSA) is 83.0 Å². The Bertz CT molecular complexity index is 1020. The highest BCUT2D eigenvalue weighted by molar-refractivity contribution is 6.46. The van der Waals surface area contributed by atoms with Crippen molar-refractivity contribution in [3.63, 3.8) is 0 Å². The second-order valence-corrected chi connectivity index (χ2v) is 8.30. The summed E-state index contributed by atoms with van der Waals surface area (Å²) >= 11 is 0. The predicted molar refractivity (Wildman–Crippen MR) is 121 cm³/mol. The Labute approximate surface area is 182 Å². The molecule has 162 valence electrons. The smallest absolute Gasteiger partial charge is 0.272 e. The van der Waals surface area contributed by atoms with Gasteiger partial charge >= 0.3 is 0 Å². The van der Waals surface area contributed by atoms with Crippen molar-refractivity contribution in [2.45, 2.75) is 32.4 Å². The summed E-state index contributed by atoms with van der Waals surface area (Å²) in [6.45, 7) is 5.80. The summed E-state index contributed by atoms with van der Waals surface area (Å²) < 4.78 is 5.18. The van der Waals surface area contributed by atoms with Gasteiger partial charge in [-0.25, -0.2) is 0 Å². The number of ether oxygens (including phenoxy) is 1. The zero-order valence-electron chi connectivity index (χ0n) is 18.2. The fourth-order valence-corrected chi connectivity index (χ4v) is 4.05. The Kier molecular flexibility index (Phi) is 5.78. The minimum Gasteiger partial charge on any atom is -0.497 e. The molecule has 0 aliphatic carbocycles. The molecule has 2 aliphatic heterocycles. The number of piperidine rings is 1. The number of hydrogen-bond acceptors (Lipinski definition) is 5. The van der Waals surface area contributed by atoms with Crippen LogP contribution in [0.4, 0.5) is 5.69 Å². The van der Waals surface area contributed by atoms with E-state index in [4.69, 9.17) is 9.73 Å². The molecular weight excluding hydrogens is 392 g/mol. The maximum absolute atomic E-state index is 12.6. The van der Waals surface area contributed by atoms with Crippen molar-refractivity contribution in [2.75, 3.05) is 32.1 Å². The number of anilines is 1. The van der Waals surface area contributed by atoms with Gasteiger partial charge in [-0.05, 0) is 61.4 Å². The lowest BCUT2D eigenvalue weighted by molar-refractivity contribution is -0.119. The second kappa shape index (κ2) is 8.51. The molecule has 0 unspecified atom stereocenters. The quantitative estimate of drug-likeness (QED) is 0.779. The molecule has 2 aliphatic rings. The van der Waals surface area contributed by atoms with E-state index in [1.54, 1.807) is 7.11 Å². The zero-order chi connectivity index (χ0) is 22.0. The molecule has 7 heteroatoms. The molecule has 2 amide bonds. The highest BCUT2D eigenvalue weighted by Crippen LogP contribution is 2.29. The normalized spacial score (nSPS) is 17.9. The summed E-state index contributed by atoms with van der Waals surface area (Å²) in [5, 5.41) is 6.05. The third-order valence-electron chi connectivity index (χ3n) is 6.09. The van der Waals surface area contributed by atoms with Crippen LogP contribution in [0.1, 0.15) is 29.5 Å². The fraction of sp³-hybridized carbons (Fsp3) is 0.375. The van der Waals surface area contributed by atoms with Crippen LogP contribution < -0.4 is 15.4 Å². The number of aliphatic imine (C=N–C) groups is 1. The van der Waals surface area contributed by atoms with Gasteiger partial charge in [0.15, 0.2) is 0 Å². The molecule has 1 fully saturated rings. The predicted octanol–water partition coefficient (Wildman–Crippen LogP) is 2.66. The average molecular weight is 421 g/mol. The molecule has 31 heavy (non-hydrogen) atoms. The van der Waals surface area contributed by atoms with Crippen molar-refractivity contribution in [3.8, 4) is 5.75 Å². The molecule has 2 aromatic carbocycles. The third kappa shape index (κ3) is 4.61. The lowest BCUT2D eigenvalue weighted by atomic mass is 9.98. The van der Waals surface area contributed by atoms with E-state index < -0.39 is 5.66 Å². The average Bonchev–Trinajstić information content (AvgIpc) is 3.08. The van der Waals surface area contributed by atoms with E-state index >= 15 is 0 Å². The number of hydrogen-bond donors (Lipinski definition) is 2. The number of methoxy groups -OCH3 is 1. The summed E-state index contributed by atoms with van der Waals surface area (Å²) in [6.07, 6.45) is 1.35. The van der Waals surface area contributed by atoms with Crippen LogP contribution in [0, 0.1) is 13.8 Å². The highest BCUT2D eigenvalue weighted by atomic mass is 16.5. The van der Waals surface area contributed by atoms with Crippen LogP contribution >= 0.6 is 0 Å². The van der Waals surface area contributed by atoms with Gasteiger partial charge in [0.25, 0.3) is 5.91 Å². The number of amides is 2. The second-order valence-electron chi connectivity index (χ2n) is 8.30. The minimum absolute atomic E-state index is 0.0305. The first kappa shape index (κ1) is 21.1. The van der Waals surface area contributed by atoms with Gasteiger partial charge in [0.2, 0.25) is 5.91 Å². The highest BCUT2D eigenvalue weighted by Gasteiger charge is 2.42. The van der Waals surface area contributed by atoms with Gasteiger partial charge in [-0.15, -0.1) is 0 Å². The first-order chi connectivity index (χ1) is 14.9. The zero-order valence-corrected chi connectivity index (χ0v) is 18.2. The first-order valence-electron chi connectivity index (χ1n) is 10.5. The summed E-state index contributed by atoms with van der Waals surface area (Å²) in [6, 6.07) is 13.3. The van der Waals surface area contributed by atoms with Crippen molar-refractivity contribution < 1.29 is 14.3 Å². The van der Waals surface area contributed by atoms with Crippen LogP contribution in [0.5, 0.6) is 5.75 Å². The molecule has 4 rings (SSSR count). The molecule has 2 aromatic rings. The van der Waals surface area contributed by atoms with Crippen molar-refractivity contribution in [3.05, 3.63) is 59.2 Å². The third-order valence-corrected chi connectivity index (χ3v) is 6.09. The molecule has 0 aromatic heterocycles. The lowest BCUT2D eigenvalue weighted by Crippen LogP contribution is -2.52. The van der Waals surface area contributed by atoms with Crippen molar-refractivity contribution >= 4 is 23.2 Å². The molecule has 1 spiro atoms. The molecule has 2 N–H and O–H groups in total.